The van der Waals surface area contributed by atoms with Gasteiger partial charge in [-0.2, -0.15) is 0 Å². The predicted octanol–water partition coefficient (Wildman–Crippen LogP) is 2.76. The van der Waals surface area contributed by atoms with Gasteiger partial charge in [0.2, 0.25) is 0 Å². The molecular weight excluding hydrogens is 248 g/mol. The Bertz CT molecular complexity index is 717. The number of aryl methyl sites for hydroxylation is 1. The Morgan fingerprint density at radius 3 is 2.85 bits per heavy atom. The summed E-state index contributed by atoms with van der Waals surface area (Å²) >= 11 is 0. The van der Waals surface area contributed by atoms with Crippen molar-refractivity contribution in [3.05, 3.63) is 60.3 Å². The Morgan fingerprint density at radius 2 is 2.05 bits per heavy atom. The van der Waals surface area contributed by atoms with Gasteiger partial charge < -0.3 is 9.88 Å². The number of pyridine rings is 1. The normalized spacial score (nSPS) is 12.7. The summed E-state index contributed by atoms with van der Waals surface area (Å²) in [5.74, 6) is 0.998. The van der Waals surface area contributed by atoms with E-state index < -0.39 is 0 Å². The molecule has 0 aliphatic heterocycles. The van der Waals surface area contributed by atoms with Crippen LogP contribution >= 0.6 is 0 Å². The maximum Gasteiger partial charge on any atom is 0.132 e. The molecule has 1 atom stereocenters. The van der Waals surface area contributed by atoms with Crippen LogP contribution in [0.15, 0.2) is 48.8 Å². The highest BCUT2D eigenvalue weighted by atomic mass is 15.1. The second kappa shape index (κ2) is 5.43. The zero-order valence-electron chi connectivity index (χ0n) is 11.7. The van der Waals surface area contributed by atoms with Gasteiger partial charge in [-0.15, -0.1) is 0 Å². The molecule has 0 aliphatic rings. The van der Waals surface area contributed by atoms with E-state index in [4.69, 9.17) is 4.98 Å². The lowest BCUT2D eigenvalue weighted by atomic mass is 10.1. The number of rotatable bonds is 4. The average molecular weight is 266 g/mol. The molecule has 102 valence electrons. The van der Waals surface area contributed by atoms with Crippen molar-refractivity contribution >= 4 is 10.9 Å². The molecular formula is C16H18N4. The number of aromatic nitrogens is 3. The Labute approximate surface area is 118 Å². The minimum atomic E-state index is 0.00885. The van der Waals surface area contributed by atoms with Crippen LogP contribution in [0.1, 0.15) is 24.5 Å². The van der Waals surface area contributed by atoms with Crippen molar-refractivity contribution in [2.45, 2.75) is 19.5 Å². The molecule has 1 N–H and O–H groups in total. The fourth-order valence-electron chi connectivity index (χ4n) is 2.50. The number of para-hydroxylation sites is 1. The van der Waals surface area contributed by atoms with Crippen LogP contribution in [-0.2, 0) is 6.54 Å². The molecule has 0 amide bonds. The smallest absolute Gasteiger partial charge is 0.132 e. The molecule has 3 aromatic rings. The quantitative estimate of drug-likeness (QED) is 0.789. The highest BCUT2D eigenvalue weighted by Gasteiger charge is 2.18. The average Bonchev–Trinajstić information content (AvgIpc) is 2.96. The number of imidazole rings is 1. The van der Waals surface area contributed by atoms with Crippen molar-refractivity contribution in [3.63, 3.8) is 0 Å². The lowest BCUT2D eigenvalue weighted by Crippen LogP contribution is -2.22. The van der Waals surface area contributed by atoms with E-state index in [1.807, 2.05) is 37.6 Å². The lowest BCUT2D eigenvalue weighted by molar-refractivity contribution is 0.580. The van der Waals surface area contributed by atoms with Crippen LogP contribution in [-0.4, -0.2) is 21.6 Å². The van der Waals surface area contributed by atoms with E-state index in [1.165, 1.54) is 0 Å². The monoisotopic (exact) mass is 266 g/mol. The van der Waals surface area contributed by atoms with Crippen molar-refractivity contribution in [2.24, 2.45) is 0 Å². The van der Waals surface area contributed by atoms with Gasteiger partial charge in [-0.25, -0.2) is 4.98 Å². The van der Waals surface area contributed by atoms with Crippen LogP contribution in [0.2, 0.25) is 0 Å². The molecule has 0 saturated heterocycles. The number of hydrogen-bond donors (Lipinski definition) is 1. The standard InChI is InChI=1S/C16H18N4/c1-3-20-11-10-18-16(20)15(17-2)14-9-8-12-6-4-5-7-13(12)19-14/h4-11,15,17H,3H2,1-2H3. The molecule has 0 spiro atoms. The fourth-order valence-corrected chi connectivity index (χ4v) is 2.50. The first kappa shape index (κ1) is 12.8. The lowest BCUT2D eigenvalue weighted by Gasteiger charge is -2.17. The molecule has 0 fully saturated rings. The van der Waals surface area contributed by atoms with E-state index in [0.29, 0.717) is 0 Å². The SMILES string of the molecule is CCn1ccnc1C(NC)c1ccc2ccccc2n1. The van der Waals surface area contributed by atoms with Gasteiger partial charge in [0.05, 0.1) is 11.2 Å². The van der Waals surface area contributed by atoms with Crippen LogP contribution in [0.4, 0.5) is 0 Å². The summed E-state index contributed by atoms with van der Waals surface area (Å²) in [5.41, 5.74) is 2.01. The second-order valence-electron chi connectivity index (χ2n) is 4.72. The highest BCUT2D eigenvalue weighted by molar-refractivity contribution is 5.78. The van der Waals surface area contributed by atoms with Gasteiger partial charge in [-0.3, -0.25) is 4.98 Å². The molecule has 4 heteroatoms. The van der Waals surface area contributed by atoms with Crippen molar-refractivity contribution in [3.8, 4) is 0 Å². The van der Waals surface area contributed by atoms with Gasteiger partial charge in [0.1, 0.15) is 11.9 Å². The van der Waals surface area contributed by atoms with Gasteiger partial charge in [-0.1, -0.05) is 24.3 Å². The molecule has 1 aromatic carbocycles. The summed E-state index contributed by atoms with van der Waals surface area (Å²) in [5, 5.41) is 4.47. The van der Waals surface area contributed by atoms with Crippen LogP contribution < -0.4 is 5.32 Å². The molecule has 1 unspecified atom stereocenters. The summed E-state index contributed by atoms with van der Waals surface area (Å²) in [6.45, 7) is 3.02. The molecule has 0 bridgehead atoms. The van der Waals surface area contributed by atoms with Gasteiger partial charge in [0.15, 0.2) is 0 Å². The Kier molecular flexibility index (Phi) is 3.48. The maximum atomic E-state index is 4.76. The van der Waals surface area contributed by atoms with Gasteiger partial charge >= 0.3 is 0 Å². The van der Waals surface area contributed by atoms with Crippen LogP contribution in [0.5, 0.6) is 0 Å². The van der Waals surface area contributed by atoms with Crippen molar-refractivity contribution in [1.29, 1.82) is 0 Å². The summed E-state index contributed by atoms with van der Waals surface area (Å²) in [6.07, 6.45) is 3.84. The molecule has 20 heavy (non-hydrogen) atoms. The van der Waals surface area contributed by atoms with Gasteiger partial charge in [-0.05, 0) is 26.1 Å². The minimum absolute atomic E-state index is 0.00885. The number of nitrogens with zero attached hydrogens (tertiary/aromatic N) is 3. The van der Waals surface area contributed by atoms with Crippen molar-refractivity contribution in [2.75, 3.05) is 7.05 Å². The van der Waals surface area contributed by atoms with E-state index in [0.717, 1.165) is 29.0 Å². The first-order valence-corrected chi connectivity index (χ1v) is 6.87. The molecule has 0 radical (unpaired) electrons. The third-order valence-electron chi connectivity index (χ3n) is 3.55. The van der Waals surface area contributed by atoms with Crippen LogP contribution in [0.25, 0.3) is 10.9 Å². The topological polar surface area (TPSA) is 42.7 Å². The minimum Gasteiger partial charge on any atom is -0.334 e. The molecule has 4 nitrogen and oxygen atoms in total. The van der Waals surface area contributed by atoms with Gasteiger partial charge in [0.25, 0.3) is 0 Å². The number of hydrogen-bond acceptors (Lipinski definition) is 3. The Hall–Kier alpha value is -2.20. The Morgan fingerprint density at radius 1 is 1.20 bits per heavy atom. The van der Waals surface area contributed by atoms with E-state index in [-0.39, 0.29) is 6.04 Å². The van der Waals surface area contributed by atoms with Crippen LogP contribution in [0, 0.1) is 0 Å². The van der Waals surface area contributed by atoms with Crippen LogP contribution in [0.3, 0.4) is 0 Å². The first-order valence-electron chi connectivity index (χ1n) is 6.87. The third-order valence-corrected chi connectivity index (χ3v) is 3.55. The maximum absolute atomic E-state index is 4.76. The summed E-state index contributed by atoms with van der Waals surface area (Å²) in [6, 6.07) is 12.4. The molecule has 3 rings (SSSR count). The number of nitrogens with one attached hydrogen (secondary N) is 1. The Balaban J connectivity index is 2.07. The highest BCUT2D eigenvalue weighted by Crippen LogP contribution is 2.21. The summed E-state index contributed by atoms with van der Waals surface area (Å²) < 4.78 is 2.14. The molecule has 0 saturated carbocycles. The summed E-state index contributed by atoms with van der Waals surface area (Å²) in [7, 11) is 1.94. The zero-order chi connectivity index (χ0) is 13.9. The number of fused-ring (bicyclic) bond motifs is 1. The molecule has 0 aliphatic carbocycles. The fraction of sp³-hybridized carbons (Fsp3) is 0.250. The molecule has 2 heterocycles. The van der Waals surface area contributed by atoms with E-state index in [1.54, 1.807) is 0 Å². The second-order valence-corrected chi connectivity index (χ2v) is 4.72. The van der Waals surface area contributed by atoms with Crippen molar-refractivity contribution < 1.29 is 0 Å². The first-order chi connectivity index (χ1) is 9.83. The zero-order valence-corrected chi connectivity index (χ0v) is 11.7. The predicted molar refractivity (Wildman–Crippen MR) is 80.5 cm³/mol. The van der Waals surface area contributed by atoms with Crippen molar-refractivity contribution in [1.82, 2.24) is 19.9 Å². The number of benzene rings is 1. The summed E-state index contributed by atoms with van der Waals surface area (Å²) in [4.78, 5) is 9.24. The molecule has 2 aromatic heterocycles. The largest absolute Gasteiger partial charge is 0.334 e. The van der Waals surface area contributed by atoms with E-state index >= 15 is 0 Å². The van der Waals surface area contributed by atoms with E-state index in [2.05, 4.69) is 40.0 Å². The third kappa shape index (κ3) is 2.18. The van der Waals surface area contributed by atoms with Gasteiger partial charge in [0, 0.05) is 24.3 Å². The van der Waals surface area contributed by atoms with E-state index in [9.17, 15) is 0 Å².